The van der Waals surface area contributed by atoms with Gasteiger partial charge in [0.1, 0.15) is 8.07 Å². The molecule has 2 unspecified atom stereocenters. The predicted octanol–water partition coefficient (Wildman–Crippen LogP) is 7.21. The van der Waals surface area contributed by atoms with Crippen LogP contribution in [0.5, 0.6) is 0 Å². The van der Waals surface area contributed by atoms with Gasteiger partial charge in [-0.25, -0.2) is 0 Å². The molecule has 0 saturated heterocycles. The lowest BCUT2D eigenvalue weighted by Gasteiger charge is -2.40. The summed E-state index contributed by atoms with van der Waals surface area (Å²) in [6, 6.07) is 64.0. The zero-order valence-electron chi connectivity index (χ0n) is 25.0. The molecule has 0 fully saturated rings. The summed E-state index contributed by atoms with van der Waals surface area (Å²) in [5.41, 5.74) is 2.79. The fraction of sp³-hybridized carbons (Fsp3) is 0.100. The Hall–Kier alpha value is -3.60. The Labute approximate surface area is 261 Å². The lowest BCUT2D eigenvalue weighted by atomic mass is 10.2. The molecule has 0 N–H and O–H groups in total. The lowest BCUT2D eigenvalue weighted by Crippen LogP contribution is -2.65. The van der Waals surface area contributed by atoms with E-state index in [0.717, 1.165) is 0 Å². The SMILES string of the molecule is Cc1ccccc1P(C[Si](CP(c1ccccc1)c1ccccc1C)(c1ccccc1)c1ccccc1)c1ccccc1. The highest BCUT2D eigenvalue weighted by Crippen LogP contribution is 2.43. The fourth-order valence-corrected chi connectivity index (χ4v) is 22.7. The highest BCUT2D eigenvalue weighted by Gasteiger charge is 2.43. The topological polar surface area (TPSA) is 0 Å². The molecule has 0 bridgehead atoms. The van der Waals surface area contributed by atoms with E-state index < -0.39 is 23.9 Å². The predicted molar refractivity (Wildman–Crippen MR) is 195 cm³/mol. The molecule has 0 aliphatic carbocycles. The molecule has 2 atom stereocenters. The van der Waals surface area contributed by atoms with Crippen LogP contribution in [0.25, 0.3) is 0 Å². The lowest BCUT2D eigenvalue weighted by molar-refractivity contribution is 1.51. The van der Waals surface area contributed by atoms with Crippen molar-refractivity contribution in [2.45, 2.75) is 13.8 Å². The zero-order chi connectivity index (χ0) is 29.5. The molecular formula is C40H38P2Si. The molecule has 6 aromatic carbocycles. The molecule has 0 spiro atoms. The minimum Gasteiger partial charge on any atom is -0.0626 e. The van der Waals surface area contributed by atoms with E-state index in [1.165, 1.54) is 54.3 Å². The minimum absolute atomic E-state index is 0.611. The molecule has 212 valence electrons. The normalized spacial score (nSPS) is 12.9. The van der Waals surface area contributed by atoms with Gasteiger partial charge in [0.15, 0.2) is 0 Å². The van der Waals surface area contributed by atoms with Gasteiger partial charge in [0, 0.05) is 0 Å². The second-order valence-corrected chi connectivity index (χ2v) is 20.8. The molecule has 6 rings (SSSR count). The molecule has 0 aliphatic rings. The Morgan fingerprint density at radius 1 is 0.372 bits per heavy atom. The van der Waals surface area contributed by atoms with Crippen molar-refractivity contribution in [3.63, 3.8) is 0 Å². The maximum Gasteiger partial charge on any atom is 0.127 e. The second kappa shape index (κ2) is 13.8. The Bertz CT molecular complexity index is 1610. The van der Waals surface area contributed by atoms with Crippen molar-refractivity contribution in [1.82, 2.24) is 0 Å². The van der Waals surface area contributed by atoms with Gasteiger partial charge in [0.25, 0.3) is 0 Å². The van der Waals surface area contributed by atoms with E-state index in [4.69, 9.17) is 0 Å². The molecule has 0 saturated carbocycles. The number of aryl methyl sites for hydroxylation is 2. The first kappa shape index (κ1) is 29.5. The van der Waals surface area contributed by atoms with E-state index in [0.29, 0.717) is 0 Å². The molecule has 0 heterocycles. The molecule has 6 aromatic rings. The van der Waals surface area contributed by atoms with Crippen LogP contribution in [0.15, 0.2) is 170 Å². The molecular weight excluding hydrogens is 570 g/mol. The average Bonchev–Trinajstić information content (AvgIpc) is 3.08. The van der Waals surface area contributed by atoms with Crippen LogP contribution in [0.2, 0.25) is 0 Å². The monoisotopic (exact) mass is 608 g/mol. The van der Waals surface area contributed by atoms with Gasteiger partial charge in [0.05, 0.1) is 0 Å². The van der Waals surface area contributed by atoms with E-state index in [1.54, 1.807) is 0 Å². The molecule has 0 amide bonds. The van der Waals surface area contributed by atoms with Crippen LogP contribution in [0.4, 0.5) is 0 Å². The highest BCUT2D eigenvalue weighted by molar-refractivity contribution is 7.79. The third-order valence-electron chi connectivity index (χ3n) is 8.46. The van der Waals surface area contributed by atoms with Crippen LogP contribution in [-0.4, -0.2) is 19.6 Å². The van der Waals surface area contributed by atoms with Crippen LogP contribution >= 0.6 is 15.8 Å². The molecule has 0 aliphatic heterocycles. The van der Waals surface area contributed by atoms with Crippen molar-refractivity contribution in [2.75, 3.05) is 11.6 Å². The Balaban J connectivity index is 1.62. The van der Waals surface area contributed by atoms with Gasteiger partial charge in [-0.15, -0.1) is 0 Å². The summed E-state index contributed by atoms with van der Waals surface area (Å²) in [7, 11) is -3.61. The Morgan fingerprint density at radius 2 is 0.674 bits per heavy atom. The number of rotatable bonds is 10. The van der Waals surface area contributed by atoms with Gasteiger partial charge in [-0.3, -0.25) is 0 Å². The van der Waals surface area contributed by atoms with Gasteiger partial charge in [-0.1, -0.05) is 180 Å². The zero-order valence-corrected chi connectivity index (χ0v) is 27.8. The first-order valence-corrected chi connectivity index (χ1v) is 20.5. The first-order chi connectivity index (χ1) is 21.2. The van der Waals surface area contributed by atoms with Gasteiger partial charge in [0.2, 0.25) is 0 Å². The van der Waals surface area contributed by atoms with Gasteiger partial charge in [-0.2, -0.15) is 0 Å². The first-order valence-electron chi connectivity index (χ1n) is 15.0. The van der Waals surface area contributed by atoms with Crippen molar-refractivity contribution in [3.05, 3.63) is 181 Å². The summed E-state index contributed by atoms with van der Waals surface area (Å²) >= 11 is 0. The fourth-order valence-electron chi connectivity index (χ4n) is 6.22. The highest BCUT2D eigenvalue weighted by atomic mass is 31.1. The summed E-state index contributed by atoms with van der Waals surface area (Å²) in [4.78, 5) is 0. The second-order valence-electron chi connectivity index (χ2n) is 11.2. The summed E-state index contributed by atoms with van der Waals surface area (Å²) in [5, 5.41) is 9.02. The summed E-state index contributed by atoms with van der Waals surface area (Å²) in [5.74, 6) is 2.34. The van der Waals surface area contributed by atoms with Crippen molar-refractivity contribution < 1.29 is 0 Å². The van der Waals surface area contributed by atoms with Crippen LogP contribution in [0, 0.1) is 13.8 Å². The van der Waals surface area contributed by atoms with E-state index in [-0.39, 0.29) is 0 Å². The van der Waals surface area contributed by atoms with Crippen LogP contribution in [0.1, 0.15) is 11.1 Å². The van der Waals surface area contributed by atoms with Gasteiger partial charge >= 0.3 is 0 Å². The van der Waals surface area contributed by atoms with E-state index in [9.17, 15) is 0 Å². The molecule has 43 heavy (non-hydrogen) atoms. The summed E-state index contributed by atoms with van der Waals surface area (Å²) < 4.78 is 0. The van der Waals surface area contributed by atoms with E-state index in [1.807, 2.05) is 0 Å². The Kier molecular flexibility index (Phi) is 9.45. The van der Waals surface area contributed by atoms with E-state index >= 15 is 0 Å². The van der Waals surface area contributed by atoms with Crippen molar-refractivity contribution in [2.24, 2.45) is 0 Å². The number of hydrogen-bond donors (Lipinski definition) is 0. The van der Waals surface area contributed by atoms with Crippen molar-refractivity contribution in [1.29, 1.82) is 0 Å². The van der Waals surface area contributed by atoms with Crippen molar-refractivity contribution in [3.8, 4) is 0 Å². The standard InChI is InChI=1S/C40H38P2Si/c1-33-19-15-17-29-39(33)41(35-21-7-3-8-22-35)31-43(37-25-11-5-12-26-37,38-27-13-6-14-28-38)32-42(36-23-9-4-10-24-36)40-30-18-16-20-34(40)2/h3-30H,31-32H2,1-2H3. The van der Waals surface area contributed by atoms with Crippen LogP contribution in [-0.2, 0) is 0 Å². The smallest absolute Gasteiger partial charge is 0.0626 e. The molecule has 3 heteroatoms. The molecule has 0 nitrogen and oxygen atoms in total. The quantitative estimate of drug-likeness (QED) is 0.114. The summed E-state index contributed by atoms with van der Waals surface area (Å²) in [6.07, 6.45) is 0. The Morgan fingerprint density at radius 3 is 1.02 bits per heavy atom. The maximum atomic E-state index is 2.44. The number of hydrogen-bond acceptors (Lipinski definition) is 0. The summed E-state index contributed by atoms with van der Waals surface area (Å²) in [6.45, 7) is 4.60. The van der Waals surface area contributed by atoms with Crippen LogP contribution in [0.3, 0.4) is 0 Å². The molecule has 0 aromatic heterocycles. The average molecular weight is 609 g/mol. The van der Waals surface area contributed by atoms with Crippen molar-refractivity contribution >= 4 is 55.5 Å². The molecule has 0 radical (unpaired) electrons. The van der Waals surface area contributed by atoms with Gasteiger partial charge < -0.3 is 0 Å². The van der Waals surface area contributed by atoms with E-state index in [2.05, 4.69) is 184 Å². The largest absolute Gasteiger partial charge is 0.127 e. The minimum atomic E-state index is -2.39. The third-order valence-corrected chi connectivity index (χ3v) is 22.2. The number of benzene rings is 6. The third kappa shape index (κ3) is 6.51. The van der Waals surface area contributed by atoms with Gasteiger partial charge in [-0.05, 0) is 73.6 Å². The maximum absolute atomic E-state index is 2.44. The van der Waals surface area contributed by atoms with Crippen LogP contribution < -0.4 is 31.6 Å².